The molecule has 0 radical (unpaired) electrons. The van der Waals surface area contributed by atoms with Gasteiger partial charge in [0.25, 0.3) is 0 Å². The zero-order valence-corrected chi connectivity index (χ0v) is 13.8. The van der Waals surface area contributed by atoms with E-state index in [4.69, 9.17) is 4.42 Å². The molecule has 7 nitrogen and oxygen atoms in total. The molecule has 1 aromatic heterocycles. The van der Waals surface area contributed by atoms with Gasteiger partial charge in [0.1, 0.15) is 6.26 Å². The SMILES string of the molecule is O=C(NCC1CC(=O)N(C2CC2)C1)Nc1cccc(-c2ncco2)c1. The molecule has 7 heteroatoms. The molecule has 1 aliphatic heterocycles. The van der Waals surface area contributed by atoms with Crippen LogP contribution in [0.2, 0.25) is 0 Å². The second kappa shape index (κ2) is 6.58. The molecule has 1 aromatic carbocycles. The molecule has 25 heavy (non-hydrogen) atoms. The number of hydrogen-bond acceptors (Lipinski definition) is 4. The topological polar surface area (TPSA) is 87.5 Å². The van der Waals surface area contributed by atoms with Gasteiger partial charge in [-0.3, -0.25) is 4.79 Å². The van der Waals surface area contributed by atoms with Crippen molar-refractivity contribution >= 4 is 17.6 Å². The van der Waals surface area contributed by atoms with Crippen molar-refractivity contribution in [2.75, 3.05) is 18.4 Å². The normalized spacial score (nSPS) is 19.9. The van der Waals surface area contributed by atoms with Crippen molar-refractivity contribution in [1.82, 2.24) is 15.2 Å². The number of amides is 3. The lowest BCUT2D eigenvalue weighted by Gasteiger charge is -2.16. The summed E-state index contributed by atoms with van der Waals surface area (Å²) < 4.78 is 5.26. The van der Waals surface area contributed by atoms with Crippen LogP contribution in [0.1, 0.15) is 19.3 Å². The highest BCUT2D eigenvalue weighted by Gasteiger charge is 2.39. The second-order valence-corrected chi connectivity index (χ2v) is 6.60. The van der Waals surface area contributed by atoms with Gasteiger partial charge in [-0.05, 0) is 31.0 Å². The van der Waals surface area contributed by atoms with Gasteiger partial charge in [-0.2, -0.15) is 0 Å². The summed E-state index contributed by atoms with van der Waals surface area (Å²) in [6.45, 7) is 1.25. The van der Waals surface area contributed by atoms with Crippen molar-refractivity contribution < 1.29 is 14.0 Å². The van der Waals surface area contributed by atoms with E-state index < -0.39 is 0 Å². The summed E-state index contributed by atoms with van der Waals surface area (Å²) in [7, 11) is 0. The molecule has 1 unspecified atom stereocenters. The number of urea groups is 1. The Hall–Kier alpha value is -2.83. The maximum absolute atomic E-state index is 12.1. The van der Waals surface area contributed by atoms with Crippen molar-refractivity contribution in [2.45, 2.75) is 25.3 Å². The van der Waals surface area contributed by atoms with Crippen LogP contribution in [0, 0.1) is 5.92 Å². The predicted molar refractivity (Wildman–Crippen MR) is 91.8 cm³/mol. The van der Waals surface area contributed by atoms with Crippen molar-refractivity contribution in [3.63, 3.8) is 0 Å². The Labute approximate surface area is 145 Å². The van der Waals surface area contributed by atoms with Crippen molar-refractivity contribution in [3.8, 4) is 11.5 Å². The Balaban J connectivity index is 1.29. The van der Waals surface area contributed by atoms with E-state index in [0.717, 1.165) is 24.9 Å². The van der Waals surface area contributed by atoms with Crippen LogP contribution < -0.4 is 10.6 Å². The number of anilines is 1. The zero-order valence-electron chi connectivity index (χ0n) is 13.8. The highest BCUT2D eigenvalue weighted by molar-refractivity contribution is 5.90. The summed E-state index contributed by atoms with van der Waals surface area (Å²) in [6, 6.07) is 7.48. The van der Waals surface area contributed by atoms with E-state index in [9.17, 15) is 9.59 Å². The summed E-state index contributed by atoms with van der Waals surface area (Å²) in [5.74, 6) is 0.916. The Morgan fingerprint density at radius 3 is 3.00 bits per heavy atom. The predicted octanol–water partition coefficient (Wildman–Crippen LogP) is 2.47. The molecule has 1 saturated heterocycles. The first-order chi connectivity index (χ1) is 12.2. The minimum atomic E-state index is -0.276. The highest BCUT2D eigenvalue weighted by atomic mass is 16.3. The molecule has 4 rings (SSSR count). The standard InChI is InChI=1S/C18H20N4O3/c23-16-8-12(11-22(16)15-4-5-15)10-20-18(24)21-14-3-1-2-13(9-14)17-19-6-7-25-17/h1-3,6-7,9,12,15H,4-5,8,10-11H2,(H2,20,21,24). The lowest BCUT2D eigenvalue weighted by atomic mass is 10.1. The Morgan fingerprint density at radius 1 is 1.36 bits per heavy atom. The minimum Gasteiger partial charge on any atom is -0.445 e. The van der Waals surface area contributed by atoms with E-state index in [0.29, 0.717) is 30.6 Å². The van der Waals surface area contributed by atoms with E-state index in [1.165, 1.54) is 6.26 Å². The number of nitrogens with zero attached hydrogens (tertiary/aromatic N) is 2. The zero-order chi connectivity index (χ0) is 17.2. The molecule has 0 bridgehead atoms. The Morgan fingerprint density at radius 2 is 2.24 bits per heavy atom. The van der Waals surface area contributed by atoms with Gasteiger partial charge < -0.3 is 20.0 Å². The summed E-state index contributed by atoms with van der Waals surface area (Å²) in [5.41, 5.74) is 1.46. The van der Waals surface area contributed by atoms with Crippen LogP contribution in [0.5, 0.6) is 0 Å². The van der Waals surface area contributed by atoms with E-state index in [1.54, 1.807) is 18.3 Å². The maximum Gasteiger partial charge on any atom is 0.319 e. The molecule has 2 N–H and O–H groups in total. The van der Waals surface area contributed by atoms with Crippen LogP contribution in [0.15, 0.2) is 41.1 Å². The first kappa shape index (κ1) is 15.7. The Kier molecular flexibility index (Phi) is 4.13. The van der Waals surface area contributed by atoms with Gasteiger partial charge >= 0.3 is 6.03 Å². The fourth-order valence-electron chi connectivity index (χ4n) is 3.19. The molecule has 1 atom stereocenters. The number of rotatable bonds is 5. The molecule has 2 heterocycles. The first-order valence-electron chi connectivity index (χ1n) is 8.53. The van der Waals surface area contributed by atoms with Gasteiger partial charge in [-0.25, -0.2) is 9.78 Å². The van der Waals surface area contributed by atoms with Crippen LogP contribution in [-0.2, 0) is 4.79 Å². The van der Waals surface area contributed by atoms with Crippen LogP contribution >= 0.6 is 0 Å². The number of nitrogens with one attached hydrogen (secondary N) is 2. The summed E-state index contributed by atoms with van der Waals surface area (Å²) in [5, 5.41) is 5.67. The lowest BCUT2D eigenvalue weighted by Crippen LogP contribution is -2.34. The van der Waals surface area contributed by atoms with E-state index >= 15 is 0 Å². The van der Waals surface area contributed by atoms with Gasteiger partial charge in [0.2, 0.25) is 11.8 Å². The minimum absolute atomic E-state index is 0.192. The van der Waals surface area contributed by atoms with E-state index in [-0.39, 0.29) is 17.9 Å². The number of carbonyl (C=O) groups excluding carboxylic acids is 2. The molecule has 2 fully saturated rings. The first-order valence-corrected chi connectivity index (χ1v) is 8.53. The Bertz CT molecular complexity index is 770. The smallest absolute Gasteiger partial charge is 0.319 e. The monoisotopic (exact) mass is 340 g/mol. The summed E-state index contributed by atoms with van der Waals surface area (Å²) in [6.07, 6.45) is 5.85. The molecule has 1 aliphatic carbocycles. The van der Waals surface area contributed by atoms with Gasteiger partial charge in [0.15, 0.2) is 0 Å². The number of likely N-dealkylation sites (tertiary alicyclic amines) is 1. The molecule has 3 amide bonds. The summed E-state index contributed by atoms with van der Waals surface area (Å²) in [4.78, 5) is 30.1. The number of benzene rings is 1. The van der Waals surface area contributed by atoms with Crippen LogP contribution in [-0.4, -0.2) is 41.0 Å². The number of hydrogen-bond donors (Lipinski definition) is 2. The fourth-order valence-corrected chi connectivity index (χ4v) is 3.19. The number of aromatic nitrogens is 1. The molecule has 1 saturated carbocycles. The van der Waals surface area contributed by atoms with Gasteiger partial charge in [0.05, 0.1) is 6.20 Å². The number of oxazole rings is 1. The fraction of sp³-hybridized carbons (Fsp3) is 0.389. The quantitative estimate of drug-likeness (QED) is 0.875. The van der Waals surface area contributed by atoms with E-state index in [1.807, 2.05) is 17.0 Å². The van der Waals surface area contributed by atoms with Gasteiger partial charge in [0, 0.05) is 42.7 Å². The number of carbonyl (C=O) groups is 2. The molecular weight excluding hydrogens is 320 g/mol. The van der Waals surface area contributed by atoms with Crippen LogP contribution in [0.4, 0.5) is 10.5 Å². The maximum atomic E-state index is 12.1. The van der Waals surface area contributed by atoms with Gasteiger partial charge in [-0.15, -0.1) is 0 Å². The molecule has 2 aliphatic rings. The highest BCUT2D eigenvalue weighted by Crippen LogP contribution is 2.32. The summed E-state index contributed by atoms with van der Waals surface area (Å²) >= 11 is 0. The molecule has 2 aromatic rings. The largest absolute Gasteiger partial charge is 0.445 e. The molecule has 0 spiro atoms. The van der Waals surface area contributed by atoms with Crippen molar-refractivity contribution in [2.24, 2.45) is 5.92 Å². The van der Waals surface area contributed by atoms with Crippen LogP contribution in [0.3, 0.4) is 0 Å². The van der Waals surface area contributed by atoms with E-state index in [2.05, 4.69) is 15.6 Å². The third kappa shape index (κ3) is 3.65. The van der Waals surface area contributed by atoms with Crippen molar-refractivity contribution in [1.29, 1.82) is 0 Å². The average molecular weight is 340 g/mol. The average Bonchev–Trinajstić information content (AvgIpc) is 3.16. The lowest BCUT2D eigenvalue weighted by molar-refractivity contribution is -0.128. The van der Waals surface area contributed by atoms with Gasteiger partial charge in [-0.1, -0.05) is 6.07 Å². The second-order valence-electron chi connectivity index (χ2n) is 6.60. The molecule has 130 valence electrons. The molecular formula is C18H20N4O3. The third-order valence-electron chi connectivity index (χ3n) is 4.58. The van der Waals surface area contributed by atoms with Crippen molar-refractivity contribution in [3.05, 3.63) is 36.7 Å². The third-order valence-corrected chi connectivity index (χ3v) is 4.58. The van der Waals surface area contributed by atoms with Crippen LogP contribution in [0.25, 0.3) is 11.5 Å².